The Balaban J connectivity index is 1.93. The van der Waals surface area contributed by atoms with Gasteiger partial charge in [-0.05, 0) is 30.7 Å². The number of nitro benzene ring substituents is 1. The highest BCUT2D eigenvalue weighted by Gasteiger charge is 2.22. The molecule has 0 amide bonds. The van der Waals surface area contributed by atoms with Crippen LogP contribution in [0.1, 0.15) is 18.4 Å². The van der Waals surface area contributed by atoms with E-state index in [4.69, 9.17) is 16.3 Å². The fourth-order valence-corrected chi connectivity index (χ4v) is 2.65. The van der Waals surface area contributed by atoms with Crippen LogP contribution >= 0.6 is 11.6 Å². The predicted octanol–water partition coefficient (Wildman–Crippen LogP) is 3.17. The molecule has 0 bridgehead atoms. The van der Waals surface area contributed by atoms with Crippen LogP contribution < -0.4 is 0 Å². The maximum Gasteiger partial charge on any atom is 0.269 e. The highest BCUT2D eigenvalue weighted by molar-refractivity contribution is 6.20. The van der Waals surface area contributed by atoms with Gasteiger partial charge in [-0.1, -0.05) is 12.1 Å². The van der Waals surface area contributed by atoms with E-state index in [1.165, 1.54) is 12.1 Å². The molecule has 1 aliphatic heterocycles. The summed E-state index contributed by atoms with van der Waals surface area (Å²) in [6.45, 7) is 1.57. The van der Waals surface area contributed by atoms with Crippen molar-refractivity contribution in [3.05, 3.63) is 39.9 Å². The maximum atomic E-state index is 10.5. The number of halogens is 1. The average molecular weight is 270 g/mol. The molecule has 0 aliphatic carbocycles. The number of nitrogens with zero attached hydrogens (tertiary/aromatic N) is 1. The molecule has 0 saturated carbocycles. The van der Waals surface area contributed by atoms with E-state index in [1.807, 2.05) is 0 Å². The number of alkyl halides is 1. The predicted molar refractivity (Wildman–Crippen MR) is 70.0 cm³/mol. The Bertz CT molecular complexity index is 401. The van der Waals surface area contributed by atoms with Crippen molar-refractivity contribution in [2.45, 2.75) is 24.6 Å². The largest absolute Gasteiger partial charge is 0.381 e. The normalized spacial score (nSPS) is 18.5. The van der Waals surface area contributed by atoms with Gasteiger partial charge in [0, 0.05) is 30.7 Å². The second-order valence-corrected chi connectivity index (χ2v) is 5.15. The van der Waals surface area contributed by atoms with Crippen LogP contribution in [-0.2, 0) is 11.2 Å². The topological polar surface area (TPSA) is 52.4 Å². The minimum absolute atomic E-state index is 0.0790. The molecule has 1 fully saturated rings. The molecule has 4 nitrogen and oxygen atoms in total. The number of rotatable bonds is 4. The van der Waals surface area contributed by atoms with E-state index < -0.39 is 0 Å². The zero-order valence-corrected chi connectivity index (χ0v) is 10.8. The van der Waals surface area contributed by atoms with Gasteiger partial charge in [-0.3, -0.25) is 10.1 Å². The quantitative estimate of drug-likeness (QED) is 0.479. The lowest BCUT2D eigenvalue weighted by Gasteiger charge is -2.26. The number of hydrogen-bond donors (Lipinski definition) is 0. The number of non-ortho nitro benzene ring substituents is 1. The Morgan fingerprint density at radius 2 is 1.94 bits per heavy atom. The van der Waals surface area contributed by atoms with Gasteiger partial charge in [-0.15, -0.1) is 11.6 Å². The molecule has 0 N–H and O–H groups in total. The van der Waals surface area contributed by atoms with E-state index in [0.29, 0.717) is 5.92 Å². The smallest absolute Gasteiger partial charge is 0.269 e. The maximum absolute atomic E-state index is 10.5. The summed E-state index contributed by atoms with van der Waals surface area (Å²) in [5, 5.41) is 10.6. The van der Waals surface area contributed by atoms with Crippen LogP contribution in [0.15, 0.2) is 24.3 Å². The molecule has 1 heterocycles. The van der Waals surface area contributed by atoms with Crippen molar-refractivity contribution in [2.24, 2.45) is 5.92 Å². The third-order valence-electron chi connectivity index (χ3n) is 3.36. The summed E-state index contributed by atoms with van der Waals surface area (Å²) < 4.78 is 5.31. The van der Waals surface area contributed by atoms with Crippen LogP contribution in [0.2, 0.25) is 0 Å². The van der Waals surface area contributed by atoms with Gasteiger partial charge >= 0.3 is 0 Å². The zero-order valence-electron chi connectivity index (χ0n) is 10.0. The Hall–Kier alpha value is -1.13. The summed E-state index contributed by atoms with van der Waals surface area (Å²) >= 11 is 6.41. The van der Waals surface area contributed by atoms with Gasteiger partial charge in [0.25, 0.3) is 5.69 Å². The molecule has 1 saturated heterocycles. The second-order valence-electron chi connectivity index (χ2n) is 4.59. The van der Waals surface area contributed by atoms with Gasteiger partial charge < -0.3 is 4.74 Å². The first-order valence-electron chi connectivity index (χ1n) is 6.12. The lowest BCUT2D eigenvalue weighted by atomic mass is 9.92. The lowest BCUT2D eigenvalue weighted by Crippen LogP contribution is -2.25. The minimum atomic E-state index is -0.388. The third-order valence-corrected chi connectivity index (χ3v) is 3.87. The van der Waals surface area contributed by atoms with Gasteiger partial charge in [0.15, 0.2) is 0 Å². The molecule has 18 heavy (non-hydrogen) atoms. The van der Waals surface area contributed by atoms with E-state index >= 15 is 0 Å². The molecule has 0 spiro atoms. The van der Waals surface area contributed by atoms with E-state index in [2.05, 4.69) is 0 Å². The molecule has 98 valence electrons. The van der Waals surface area contributed by atoms with Crippen molar-refractivity contribution < 1.29 is 9.66 Å². The van der Waals surface area contributed by atoms with Gasteiger partial charge in [-0.25, -0.2) is 0 Å². The van der Waals surface area contributed by atoms with Crippen LogP contribution in [0.25, 0.3) is 0 Å². The summed E-state index contributed by atoms with van der Waals surface area (Å²) in [6, 6.07) is 6.63. The van der Waals surface area contributed by atoms with Gasteiger partial charge in [0.05, 0.1) is 4.92 Å². The summed E-state index contributed by atoms with van der Waals surface area (Å²) in [5.74, 6) is 0.482. The van der Waals surface area contributed by atoms with Gasteiger partial charge in [0.2, 0.25) is 0 Å². The Morgan fingerprint density at radius 1 is 1.33 bits per heavy atom. The molecular weight excluding hydrogens is 254 g/mol. The van der Waals surface area contributed by atoms with E-state index in [1.54, 1.807) is 12.1 Å². The van der Waals surface area contributed by atoms with Crippen LogP contribution in [0.3, 0.4) is 0 Å². The standard InChI is InChI=1S/C13H16ClNO3/c14-13(11-5-7-18-8-6-11)9-10-1-3-12(4-2-10)15(16)17/h1-4,11,13H,5-9H2. The zero-order chi connectivity index (χ0) is 13.0. The summed E-state index contributed by atoms with van der Waals surface area (Å²) in [7, 11) is 0. The molecule has 0 aromatic heterocycles. The Kier molecular flexibility index (Phi) is 4.55. The number of benzene rings is 1. The van der Waals surface area contributed by atoms with Crippen molar-refractivity contribution in [3.8, 4) is 0 Å². The summed E-state index contributed by atoms with van der Waals surface area (Å²) in [5.41, 5.74) is 1.17. The first kappa shape index (κ1) is 13.3. The Morgan fingerprint density at radius 3 is 2.50 bits per heavy atom. The van der Waals surface area contributed by atoms with Crippen molar-refractivity contribution in [1.29, 1.82) is 0 Å². The molecule has 1 unspecified atom stereocenters. The van der Waals surface area contributed by atoms with Crippen LogP contribution in [0.4, 0.5) is 5.69 Å². The van der Waals surface area contributed by atoms with E-state index in [9.17, 15) is 10.1 Å². The first-order valence-corrected chi connectivity index (χ1v) is 6.55. The van der Waals surface area contributed by atoms with Gasteiger partial charge in [-0.2, -0.15) is 0 Å². The fourth-order valence-electron chi connectivity index (χ4n) is 2.22. The molecule has 1 aromatic rings. The fraction of sp³-hybridized carbons (Fsp3) is 0.538. The monoisotopic (exact) mass is 269 g/mol. The minimum Gasteiger partial charge on any atom is -0.381 e. The Labute approximate surface area is 111 Å². The molecular formula is C13H16ClNO3. The molecule has 1 aromatic carbocycles. The highest BCUT2D eigenvalue weighted by Crippen LogP contribution is 2.26. The third kappa shape index (κ3) is 3.43. The number of nitro groups is 1. The number of ether oxygens (including phenoxy) is 1. The van der Waals surface area contributed by atoms with E-state index in [0.717, 1.165) is 38.0 Å². The molecule has 2 rings (SSSR count). The summed E-state index contributed by atoms with van der Waals surface area (Å²) in [6.07, 6.45) is 2.76. The molecule has 1 aliphatic rings. The number of hydrogen-bond acceptors (Lipinski definition) is 3. The molecule has 0 radical (unpaired) electrons. The highest BCUT2D eigenvalue weighted by atomic mass is 35.5. The van der Waals surface area contributed by atoms with Crippen molar-refractivity contribution in [2.75, 3.05) is 13.2 Å². The van der Waals surface area contributed by atoms with Crippen LogP contribution in [0, 0.1) is 16.0 Å². The SMILES string of the molecule is O=[N+]([O-])c1ccc(CC(Cl)C2CCOCC2)cc1. The van der Waals surface area contributed by atoms with Crippen molar-refractivity contribution in [3.63, 3.8) is 0 Å². The lowest BCUT2D eigenvalue weighted by molar-refractivity contribution is -0.384. The van der Waals surface area contributed by atoms with Crippen LogP contribution in [-0.4, -0.2) is 23.5 Å². The molecule has 5 heteroatoms. The van der Waals surface area contributed by atoms with Crippen molar-refractivity contribution in [1.82, 2.24) is 0 Å². The molecule has 1 atom stereocenters. The van der Waals surface area contributed by atoms with Crippen LogP contribution in [0.5, 0.6) is 0 Å². The van der Waals surface area contributed by atoms with E-state index in [-0.39, 0.29) is 16.0 Å². The van der Waals surface area contributed by atoms with Gasteiger partial charge in [0.1, 0.15) is 0 Å². The van der Waals surface area contributed by atoms with Crippen molar-refractivity contribution >= 4 is 17.3 Å². The summed E-state index contributed by atoms with van der Waals surface area (Å²) in [4.78, 5) is 10.2. The first-order chi connectivity index (χ1) is 8.66. The second kappa shape index (κ2) is 6.16. The average Bonchev–Trinajstić information content (AvgIpc) is 2.40.